The topological polar surface area (TPSA) is 95.3 Å². The molecule has 0 aliphatic heterocycles. The number of hydrogen-bond acceptors (Lipinski definition) is 5. The Hall–Kier alpha value is -1.95. The molecule has 6 heteroatoms. The van der Waals surface area contributed by atoms with Crippen LogP contribution in [0, 0.1) is 11.8 Å². The molecule has 3 N–H and O–H groups in total. The van der Waals surface area contributed by atoms with Gasteiger partial charge in [-0.25, -0.2) is 14.8 Å². The zero-order valence-corrected chi connectivity index (χ0v) is 12.7. The molecule has 4 bridgehead atoms. The van der Waals surface area contributed by atoms with Crippen LogP contribution in [-0.4, -0.2) is 31.8 Å². The van der Waals surface area contributed by atoms with Crippen molar-refractivity contribution in [3.8, 4) is 0 Å². The number of carbonyl (C=O) groups is 1. The van der Waals surface area contributed by atoms with Gasteiger partial charge >= 0.3 is 5.97 Å². The van der Waals surface area contributed by atoms with Crippen molar-refractivity contribution in [1.82, 2.24) is 9.97 Å². The number of carboxylic acids is 1. The summed E-state index contributed by atoms with van der Waals surface area (Å²) in [4.78, 5) is 20.0. The van der Waals surface area contributed by atoms with E-state index >= 15 is 0 Å². The molecule has 1 aromatic rings. The van der Waals surface area contributed by atoms with Gasteiger partial charge in [0.25, 0.3) is 0 Å². The Morgan fingerprint density at radius 2 is 2.00 bits per heavy atom. The molecule has 23 heavy (non-hydrogen) atoms. The van der Waals surface area contributed by atoms with E-state index in [4.69, 9.17) is 0 Å². The minimum Gasteiger partial charge on any atom is -0.478 e. The highest BCUT2D eigenvalue weighted by molar-refractivity contribution is 5.89. The molecule has 0 radical (unpaired) electrons. The van der Waals surface area contributed by atoms with Crippen molar-refractivity contribution in [3.63, 3.8) is 0 Å². The summed E-state index contributed by atoms with van der Waals surface area (Å²) in [7, 11) is 0. The molecule has 6 nitrogen and oxygen atoms in total. The lowest BCUT2D eigenvalue weighted by atomic mass is 9.51. The van der Waals surface area contributed by atoms with Crippen LogP contribution in [0.5, 0.6) is 0 Å². The number of aromatic carboxylic acids is 1. The molecule has 1 heterocycles. The Morgan fingerprint density at radius 3 is 2.61 bits per heavy atom. The molecule has 0 amide bonds. The number of hydrogen-bond donors (Lipinski definition) is 3. The van der Waals surface area contributed by atoms with Gasteiger partial charge in [0.1, 0.15) is 0 Å². The summed E-state index contributed by atoms with van der Waals surface area (Å²) in [5.41, 5.74) is 2.79. The second-order valence-electron chi connectivity index (χ2n) is 7.57. The second-order valence-corrected chi connectivity index (χ2v) is 7.57. The molecular weight excluding hydrogens is 294 g/mol. The van der Waals surface area contributed by atoms with Crippen LogP contribution in [0.15, 0.2) is 17.5 Å². The van der Waals surface area contributed by atoms with Crippen molar-refractivity contribution >= 4 is 11.9 Å². The van der Waals surface area contributed by atoms with Crippen molar-refractivity contribution in [2.75, 3.05) is 5.32 Å². The van der Waals surface area contributed by atoms with Crippen LogP contribution in [0.2, 0.25) is 0 Å². The molecule has 4 fully saturated rings. The summed E-state index contributed by atoms with van der Waals surface area (Å²) in [6.45, 7) is 0. The maximum atomic E-state index is 11.3. The van der Waals surface area contributed by atoms with Crippen LogP contribution in [-0.2, 0) is 0 Å². The van der Waals surface area contributed by atoms with E-state index in [0.29, 0.717) is 29.9 Å². The van der Waals surface area contributed by atoms with E-state index < -0.39 is 11.6 Å². The van der Waals surface area contributed by atoms with Gasteiger partial charge in [-0.15, -0.1) is 0 Å². The average Bonchev–Trinajstić information content (AvgIpc) is 3.29. The van der Waals surface area contributed by atoms with E-state index in [0.717, 1.165) is 31.4 Å². The molecule has 6 aliphatic carbocycles. The molecule has 120 valence electrons. The highest BCUT2D eigenvalue weighted by Crippen LogP contribution is 2.60. The number of fused-ring (bicyclic) bond motifs is 1. The smallest absolute Gasteiger partial charge is 0.339 e. The van der Waals surface area contributed by atoms with Crippen LogP contribution in [0.3, 0.4) is 0 Å². The van der Waals surface area contributed by atoms with E-state index in [9.17, 15) is 15.0 Å². The first-order valence-electron chi connectivity index (χ1n) is 8.35. The minimum atomic E-state index is -0.965. The van der Waals surface area contributed by atoms with E-state index in [1.807, 2.05) is 0 Å². The quantitative estimate of drug-likeness (QED) is 0.789. The predicted molar refractivity (Wildman–Crippen MR) is 82.0 cm³/mol. The molecule has 6 aliphatic rings. The molecule has 0 aromatic carbocycles. The van der Waals surface area contributed by atoms with Gasteiger partial charge in [-0.3, -0.25) is 0 Å². The number of aliphatic hydroxyl groups is 1. The van der Waals surface area contributed by atoms with Gasteiger partial charge in [0.2, 0.25) is 5.95 Å². The van der Waals surface area contributed by atoms with Gasteiger partial charge in [-0.05, 0) is 49.5 Å². The number of anilines is 1. The van der Waals surface area contributed by atoms with Crippen LogP contribution < -0.4 is 5.32 Å². The first-order valence-corrected chi connectivity index (χ1v) is 8.35. The average molecular weight is 313 g/mol. The fraction of sp³-hybridized carbons (Fsp3) is 0.588. The summed E-state index contributed by atoms with van der Waals surface area (Å²) in [5, 5.41) is 23.2. The number of allylic oxidation sites excluding steroid dienone is 1. The Bertz CT molecular complexity index is 739. The number of nitrogens with one attached hydrogen (secondary N) is 1. The monoisotopic (exact) mass is 313 g/mol. The maximum Gasteiger partial charge on any atom is 0.339 e. The number of rotatable bonds is 4. The summed E-state index contributed by atoms with van der Waals surface area (Å²) < 4.78 is 0. The van der Waals surface area contributed by atoms with Gasteiger partial charge < -0.3 is 15.5 Å². The van der Waals surface area contributed by atoms with Crippen molar-refractivity contribution in [2.45, 2.75) is 50.0 Å². The summed E-state index contributed by atoms with van der Waals surface area (Å²) >= 11 is 0. The standard InChI is InChI=1S/C17H19N3O3/c21-15(22)11-7-18-16(20-14(11)8-1-2-8)19-12-6-17(23)4-9-3-10(5-17)13(9)12/h7-10,23H,1-6H2,(H,21,22)(H,18,19,20). The lowest BCUT2D eigenvalue weighted by Crippen LogP contribution is -2.53. The van der Waals surface area contributed by atoms with Gasteiger partial charge in [-0.1, -0.05) is 0 Å². The highest BCUT2D eigenvalue weighted by atomic mass is 16.4. The molecule has 2 unspecified atom stereocenters. The Labute approximate surface area is 133 Å². The summed E-state index contributed by atoms with van der Waals surface area (Å²) in [6.07, 6.45) is 7.00. The molecule has 1 aromatic heterocycles. The summed E-state index contributed by atoms with van der Waals surface area (Å²) in [5.74, 6) is 0.776. The largest absolute Gasteiger partial charge is 0.478 e. The normalized spacial score (nSPS) is 34.3. The molecule has 7 rings (SSSR count). The van der Waals surface area contributed by atoms with Gasteiger partial charge in [0.15, 0.2) is 0 Å². The van der Waals surface area contributed by atoms with E-state index in [1.165, 1.54) is 18.2 Å². The molecular formula is C17H19N3O3. The molecule has 0 saturated heterocycles. The first kappa shape index (κ1) is 13.5. The van der Waals surface area contributed by atoms with Crippen molar-refractivity contribution < 1.29 is 15.0 Å². The predicted octanol–water partition coefficient (Wildman–Crippen LogP) is 2.28. The van der Waals surface area contributed by atoms with Crippen molar-refractivity contribution in [2.24, 2.45) is 11.8 Å². The fourth-order valence-corrected chi connectivity index (χ4v) is 4.77. The molecule has 4 saturated carbocycles. The van der Waals surface area contributed by atoms with Crippen molar-refractivity contribution in [1.29, 1.82) is 0 Å². The second kappa shape index (κ2) is 4.32. The van der Waals surface area contributed by atoms with Crippen LogP contribution in [0.1, 0.15) is 60.5 Å². The molecule has 0 spiro atoms. The maximum absolute atomic E-state index is 11.3. The Kier molecular flexibility index (Phi) is 2.53. The lowest BCUT2D eigenvalue weighted by Gasteiger charge is -2.57. The van der Waals surface area contributed by atoms with Crippen molar-refractivity contribution in [3.05, 3.63) is 28.7 Å². The van der Waals surface area contributed by atoms with E-state index in [1.54, 1.807) is 0 Å². The fourth-order valence-electron chi connectivity index (χ4n) is 4.77. The third-order valence-corrected chi connectivity index (χ3v) is 5.83. The zero-order chi connectivity index (χ0) is 15.8. The lowest BCUT2D eigenvalue weighted by molar-refractivity contribution is -0.0693. The SMILES string of the molecule is O=C(O)c1cnc(NC2=C3C4CC3CC(O)(C2)C4)nc1C1CC1. The van der Waals surface area contributed by atoms with E-state index in [2.05, 4.69) is 15.3 Å². The van der Waals surface area contributed by atoms with Gasteiger partial charge in [0, 0.05) is 24.2 Å². The third-order valence-electron chi connectivity index (χ3n) is 5.83. The minimum absolute atomic E-state index is 0.211. The Morgan fingerprint density at radius 1 is 1.26 bits per heavy atom. The zero-order valence-electron chi connectivity index (χ0n) is 12.7. The highest BCUT2D eigenvalue weighted by Gasteiger charge is 2.55. The third kappa shape index (κ3) is 2.01. The van der Waals surface area contributed by atoms with Crippen LogP contribution in [0.4, 0.5) is 5.95 Å². The van der Waals surface area contributed by atoms with Gasteiger partial charge in [-0.2, -0.15) is 0 Å². The number of carboxylic acid groups (broad SMARTS) is 1. The van der Waals surface area contributed by atoms with Crippen LogP contribution >= 0.6 is 0 Å². The van der Waals surface area contributed by atoms with E-state index in [-0.39, 0.29) is 11.5 Å². The van der Waals surface area contributed by atoms with Crippen LogP contribution in [0.25, 0.3) is 0 Å². The first-order chi connectivity index (χ1) is 11.0. The Balaban J connectivity index is 1.47. The molecule has 2 atom stereocenters. The summed E-state index contributed by atoms with van der Waals surface area (Å²) in [6, 6.07) is 0. The number of aromatic nitrogens is 2. The number of nitrogens with zero attached hydrogens (tertiary/aromatic N) is 2. The van der Waals surface area contributed by atoms with Gasteiger partial charge in [0.05, 0.1) is 16.9 Å².